The number of rotatable bonds is 4. The third-order valence-electron chi connectivity index (χ3n) is 2.02. The lowest BCUT2D eigenvalue weighted by molar-refractivity contribution is 0.216. The Morgan fingerprint density at radius 1 is 1.38 bits per heavy atom. The van der Waals surface area contributed by atoms with Crippen molar-refractivity contribution in [2.45, 2.75) is 32.3 Å². The molecule has 2 heteroatoms. The van der Waals surface area contributed by atoms with E-state index in [9.17, 15) is 0 Å². The molecule has 72 valence electrons. The van der Waals surface area contributed by atoms with Crippen molar-refractivity contribution in [3.8, 4) is 5.75 Å². The van der Waals surface area contributed by atoms with Crippen LogP contribution >= 0.6 is 11.6 Å². The van der Waals surface area contributed by atoms with Crippen LogP contribution in [0.5, 0.6) is 5.75 Å². The van der Waals surface area contributed by atoms with Crippen molar-refractivity contribution in [3.05, 3.63) is 29.8 Å². The van der Waals surface area contributed by atoms with E-state index >= 15 is 0 Å². The van der Waals surface area contributed by atoms with E-state index in [1.807, 2.05) is 24.3 Å². The van der Waals surface area contributed by atoms with Gasteiger partial charge in [0.25, 0.3) is 0 Å². The van der Waals surface area contributed by atoms with Crippen molar-refractivity contribution in [3.63, 3.8) is 0 Å². The fourth-order valence-corrected chi connectivity index (χ4v) is 1.25. The van der Waals surface area contributed by atoms with Crippen LogP contribution in [-0.2, 0) is 5.88 Å². The van der Waals surface area contributed by atoms with Crippen molar-refractivity contribution in [2.75, 3.05) is 0 Å². The first-order valence-electron chi connectivity index (χ1n) is 4.58. The van der Waals surface area contributed by atoms with Crippen molar-refractivity contribution >= 4 is 11.6 Å². The summed E-state index contributed by atoms with van der Waals surface area (Å²) in [4.78, 5) is 0. The summed E-state index contributed by atoms with van der Waals surface area (Å²) in [5.41, 5.74) is 1.06. The second kappa shape index (κ2) is 5.13. The smallest absolute Gasteiger partial charge is 0.124 e. The van der Waals surface area contributed by atoms with Gasteiger partial charge in [-0.1, -0.05) is 25.1 Å². The summed E-state index contributed by atoms with van der Waals surface area (Å²) in [5.74, 6) is 1.42. The molecule has 1 atom stereocenters. The molecule has 0 amide bonds. The lowest BCUT2D eigenvalue weighted by Gasteiger charge is -2.14. The van der Waals surface area contributed by atoms with E-state index in [0.717, 1.165) is 17.7 Å². The Morgan fingerprint density at radius 3 is 2.69 bits per heavy atom. The maximum absolute atomic E-state index is 5.78. The summed E-state index contributed by atoms with van der Waals surface area (Å²) in [6, 6.07) is 7.89. The first-order chi connectivity index (χ1) is 6.27. The molecule has 0 saturated heterocycles. The molecule has 0 aliphatic heterocycles. The molecule has 1 aromatic carbocycles. The van der Waals surface area contributed by atoms with E-state index in [0.29, 0.717) is 5.88 Å². The van der Waals surface area contributed by atoms with Crippen molar-refractivity contribution in [2.24, 2.45) is 0 Å². The summed E-state index contributed by atoms with van der Waals surface area (Å²) < 4.78 is 5.70. The largest absolute Gasteiger partial charge is 0.490 e. The highest BCUT2D eigenvalue weighted by molar-refractivity contribution is 6.17. The molecule has 0 bridgehead atoms. The molecular formula is C11H15ClO. The molecule has 0 heterocycles. The highest BCUT2D eigenvalue weighted by atomic mass is 35.5. The number of para-hydroxylation sites is 1. The fraction of sp³-hybridized carbons (Fsp3) is 0.455. The molecule has 1 unspecified atom stereocenters. The van der Waals surface area contributed by atoms with Crippen LogP contribution in [0, 0.1) is 0 Å². The zero-order valence-electron chi connectivity index (χ0n) is 8.09. The van der Waals surface area contributed by atoms with Gasteiger partial charge in [-0.15, -0.1) is 11.6 Å². The van der Waals surface area contributed by atoms with Crippen LogP contribution in [0.4, 0.5) is 0 Å². The van der Waals surface area contributed by atoms with Crippen LogP contribution in [0.2, 0.25) is 0 Å². The molecule has 0 aliphatic rings. The molecule has 0 N–H and O–H groups in total. The Balaban J connectivity index is 2.74. The minimum absolute atomic E-state index is 0.254. The SMILES string of the molecule is CCC(C)Oc1ccccc1CCl. The zero-order valence-corrected chi connectivity index (χ0v) is 8.84. The number of benzene rings is 1. The average molecular weight is 199 g/mol. The number of hydrogen-bond acceptors (Lipinski definition) is 1. The Labute approximate surface area is 84.7 Å². The van der Waals surface area contributed by atoms with Gasteiger partial charge in [0.15, 0.2) is 0 Å². The van der Waals surface area contributed by atoms with Gasteiger partial charge >= 0.3 is 0 Å². The van der Waals surface area contributed by atoms with Crippen molar-refractivity contribution in [1.82, 2.24) is 0 Å². The van der Waals surface area contributed by atoms with Gasteiger partial charge in [0, 0.05) is 5.56 Å². The Hall–Kier alpha value is -0.690. The highest BCUT2D eigenvalue weighted by Crippen LogP contribution is 2.21. The van der Waals surface area contributed by atoms with Crippen LogP contribution in [-0.4, -0.2) is 6.10 Å². The van der Waals surface area contributed by atoms with Crippen molar-refractivity contribution < 1.29 is 4.74 Å². The minimum atomic E-state index is 0.254. The summed E-state index contributed by atoms with van der Waals surface area (Å²) >= 11 is 5.78. The van der Waals surface area contributed by atoms with Gasteiger partial charge < -0.3 is 4.74 Å². The highest BCUT2D eigenvalue weighted by Gasteiger charge is 2.04. The lowest BCUT2D eigenvalue weighted by atomic mass is 10.2. The van der Waals surface area contributed by atoms with E-state index in [1.54, 1.807) is 0 Å². The second-order valence-corrected chi connectivity index (χ2v) is 3.35. The van der Waals surface area contributed by atoms with E-state index in [1.165, 1.54) is 0 Å². The summed E-state index contributed by atoms with van der Waals surface area (Å²) in [6.45, 7) is 4.17. The molecule has 1 rings (SSSR count). The number of halogens is 1. The van der Waals surface area contributed by atoms with Gasteiger partial charge in [-0.2, -0.15) is 0 Å². The molecule has 1 aromatic rings. The molecular weight excluding hydrogens is 184 g/mol. The molecule has 1 nitrogen and oxygen atoms in total. The number of ether oxygens (including phenoxy) is 1. The van der Waals surface area contributed by atoms with Crippen LogP contribution in [0.3, 0.4) is 0 Å². The van der Waals surface area contributed by atoms with E-state index < -0.39 is 0 Å². The Morgan fingerprint density at radius 2 is 2.08 bits per heavy atom. The molecule has 0 aromatic heterocycles. The molecule has 0 saturated carbocycles. The van der Waals surface area contributed by atoms with E-state index in [-0.39, 0.29) is 6.10 Å². The van der Waals surface area contributed by atoms with Gasteiger partial charge in [-0.25, -0.2) is 0 Å². The van der Waals surface area contributed by atoms with E-state index in [2.05, 4.69) is 13.8 Å². The third-order valence-corrected chi connectivity index (χ3v) is 2.31. The number of alkyl halides is 1. The zero-order chi connectivity index (χ0) is 9.68. The maximum Gasteiger partial charge on any atom is 0.124 e. The van der Waals surface area contributed by atoms with Crippen LogP contribution < -0.4 is 4.74 Å². The second-order valence-electron chi connectivity index (χ2n) is 3.08. The summed E-state index contributed by atoms with van der Waals surface area (Å²) in [7, 11) is 0. The molecule has 0 aliphatic carbocycles. The van der Waals surface area contributed by atoms with Gasteiger partial charge in [0.1, 0.15) is 5.75 Å². The quantitative estimate of drug-likeness (QED) is 0.672. The predicted octanol–water partition coefficient (Wildman–Crippen LogP) is 3.60. The van der Waals surface area contributed by atoms with Crippen molar-refractivity contribution in [1.29, 1.82) is 0 Å². The average Bonchev–Trinajstić information content (AvgIpc) is 2.18. The summed E-state index contributed by atoms with van der Waals surface area (Å²) in [6.07, 6.45) is 1.26. The summed E-state index contributed by atoms with van der Waals surface area (Å²) in [5, 5.41) is 0. The maximum atomic E-state index is 5.78. The Bertz CT molecular complexity index is 260. The van der Waals surface area contributed by atoms with E-state index in [4.69, 9.17) is 16.3 Å². The van der Waals surface area contributed by atoms with Crippen LogP contribution in [0.1, 0.15) is 25.8 Å². The minimum Gasteiger partial charge on any atom is -0.490 e. The first kappa shape index (κ1) is 10.4. The number of hydrogen-bond donors (Lipinski definition) is 0. The molecule has 0 radical (unpaired) electrons. The molecule has 13 heavy (non-hydrogen) atoms. The normalized spacial score (nSPS) is 12.5. The monoisotopic (exact) mass is 198 g/mol. The lowest BCUT2D eigenvalue weighted by Crippen LogP contribution is -2.10. The van der Waals surface area contributed by atoms with Gasteiger partial charge in [-0.05, 0) is 19.4 Å². The standard InChI is InChI=1S/C11H15ClO/c1-3-9(2)13-11-7-5-4-6-10(11)8-12/h4-7,9H,3,8H2,1-2H3. The van der Waals surface area contributed by atoms with Gasteiger partial charge in [-0.3, -0.25) is 0 Å². The van der Waals surface area contributed by atoms with Gasteiger partial charge in [0.05, 0.1) is 12.0 Å². The van der Waals surface area contributed by atoms with Crippen LogP contribution in [0.15, 0.2) is 24.3 Å². The predicted molar refractivity (Wildman–Crippen MR) is 56.4 cm³/mol. The third kappa shape index (κ3) is 2.92. The molecule has 0 fully saturated rings. The van der Waals surface area contributed by atoms with Crippen LogP contribution in [0.25, 0.3) is 0 Å². The van der Waals surface area contributed by atoms with Gasteiger partial charge in [0.2, 0.25) is 0 Å². The Kier molecular flexibility index (Phi) is 4.10. The fourth-order valence-electron chi connectivity index (χ4n) is 1.03. The topological polar surface area (TPSA) is 9.23 Å². The molecule has 0 spiro atoms. The first-order valence-corrected chi connectivity index (χ1v) is 5.12.